The average Bonchev–Trinajstić information content (AvgIpc) is 2.96. The summed E-state index contributed by atoms with van der Waals surface area (Å²) < 4.78 is 5.30. The molecule has 0 aliphatic carbocycles. The van der Waals surface area contributed by atoms with Crippen molar-refractivity contribution in [1.29, 1.82) is 0 Å². The number of benzene rings is 2. The summed E-state index contributed by atoms with van der Waals surface area (Å²) in [6, 6.07) is 18.3. The second-order valence-corrected chi connectivity index (χ2v) is 6.30. The lowest BCUT2D eigenvalue weighted by molar-refractivity contribution is 0.0993. The van der Waals surface area contributed by atoms with Crippen LogP contribution in [0.4, 0.5) is 11.4 Å². The Morgan fingerprint density at radius 2 is 1.92 bits per heavy atom. The molecular weight excluding hydrogens is 350 g/mol. The van der Waals surface area contributed by atoms with E-state index in [-0.39, 0.29) is 5.91 Å². The predicted octanol–water partition coefficient (Wildman–Crippen LogP) is 4.51. The van der Waals surface area contributed by atoms with E-state index >= 15 is 0 Å². The van der Waals surface area contributed by atoms with Crippen LogP contribution in [0.3, 0.4) is 0 Å². The van der Waals surface area contributed by atoms with Crippen molar-refractivity contribution < 1.29 is 9.53 Å². The number of nitrogens with one attached hydrogen (secondary N) is 1. The van der Waals surface area contributed by atoms with Gasteiger partial charge < -0.3 is 10.1 Å². The number of hydrogen-bond donors (Lipinski definition) is 1. The maximum atomic E-state index is 13.0. The molecule has 1 atom stereocenters. The highest BCUT2D eigenvalue weighted by molar-refractivity contribution is 6.30. The molecule has 3 aromatic rings. The number of ether oxygens (including phenoxy) is 1. The third-order valence-corrected chi connectivity index (χ3v) is 4.54. The minimum atomic E-state index is -0.424. The van der Waals surface area contributed by atoms with Crippen LogP contribution in [-0.2, 0) is 0 Å². The van der Waals surface area contributed by atoms with Gasteiger partial charge in [-0.25, -0.2) is 0 Å². The van der Waals surface area contributed by atoms with Crippen molar-refractivity contribution in [1.82, 2.24) is 4.98 Å². The van der Waals surface area contributed by atoms with Crippen LogP contribution in [0.1, 0.15) is 22.2 Å². The van der Waals surface area contributed by atoms with Gasteiger partial charge in [0.15, 0.2) is 6.17 Å². The first-order chi connectivity index (χ1) is 12.7. The Morgan fingerprint density at radius 1 is 1.12 bits per heavy atom. The van der Waals surface area contributed by atoms with E-state index in [2.05, 4.69) is 10.3 Å². The number of pyridine rings is 1. The zero-order valence-electron chi connectivity index (χ0n) is 14.0. The predicted molar refractivity (Wildman–Crippen MR) is 102 cm³/mol. The SMILES string of the molecule is COc1cccc(N2C(=O)c3cccnc3[C@@H]2Nc2ccc(Cl)cc2)c1. The van der Waals surface area contributed by atoms with Crippen molar-refractivity contribution in [3.05, 3.63) is 83.1 Å². The van der Waals surface area contributed by atoms with Gasteiger partial charge in [-0.3, -0.25) is 14.7 Å². The van der Waals surface area contributed by atoms with Crippen molar-refractivity contribution >= 4 is 28.9 Å². The number of aromatic nitrogens is 1. The molecule has 2 heterocycles. The topological polar surface area (TPSA) is 54.5 Å². The Bertz CT molecular complexity index is 959. The molecule has 2 aromatic carbocycles. The number of nitrogens with zero attached hydrogens (tertiary/aromatic N) is 2. The van der Waals surface area contributed by atoms with Crippen molar-refractivity contribution in [3.8, 4) is 5.75 Å². The van der Waals surface area contributed by atoms with Gasteiger partial charge in [0.05, 0.1) is 24.1 Å². The molecule has 4 rings (SSSR count). The van der Waals surface area contributed by atoms with Gasteiger partial charge in [-0.1, -0.05) is 17.7 Å². The highest BCUT2D eigenvalue weighted by atomic mass is 35.5. The van der Waals surface area contributed by atoms with E-state index < -0.39 is 6.17 Å². The van der Waals surface area contributed by atoms with Crippen LogP contribution < -0.4 is 15.0 Å². The number of fused-ring (bicyclic) bond motifs is 1. The summed E-state index contributed by atoms with van der Waals surface area (Å²) in [5, 5.41) is 4.04. The molecule has 0 saturated carbocycles. The molecule has 0 fully saturated rings. The molecule has 1 aromatic heterocycles. The molecule has 0 bridgehead atoms. The van der Waals surface area contributed by atoms with Gasteiger partial charge in [-0.05, 0) is 48.5 Å². The molecule has 0 spiro atoms. The molecule has 6 heteroatoms. The third-order valence-electron chi connectivity index (χ3n) is 4.28. The average molecular weight is 366 g/mol. The molecule has 130 valence electrons. The first kappa shape index (κ1) is 16.4. The summed E-state index contributed by atoms with van der Waals surface area (Å²) in [6.45, 7) is 0. The summed E-state index contributed by atoms with van der Waals surface area (Å²) in [5.41, 5.74) is 2.86. The van der Waals surface area contributed by atoms with E-state index in [9.17, 15) is 4.79 Å². The fourth-order valence-electron chi connectivity index (χ4n) is 3.05. The number of anilines is 2. The van der Waals surface area contributed by atoms with E-state index in [4.69, 9.17) is 16.3 Å². The molecule has 5 nitrogen and oxygen atoms in total. The molecule has 1 aliphatic rings. The van der Waals surface area contributed by atoms with Gasteiger partial charge in [0.1, 0.15) is 5.75 Å². The van der Waals surface area contributed by atoms with Gasteiger partial charge in [0, 0.05) is 23.0 Å². The highest BCUT2D eigenvalue weighted by Gasteiger charge is 2.39. The molecule has 26 heavy (non-hydrogen) atoms. The monoisotopic (exact) mass is 365 g/mol. The zero-order valence-corrected chi connectivity index (χ0v) is 14.8. The first-order valence-corrected chi connectivity index (χ1v) is 8.50. The molecule has 0 radical (unpaired) electrons. The number of hydrogen-bond acceptors (Lipinski definition) is 4. The zero-order chi connectivity index (χ0) is 18.1. The molecule has 1 amide bonds. The smallest absolute Gasteiger partial charge is 0.262 e. The fourth-order valence-corrected chi connectivity index (χ4v) is 3.18. The van der Waals surface area contributed by atoms with Gasteiger partial charge >= 0.3 is 0 Å². The fraction of sp³-hybridized carbons (Fsp3) is 0.100. The number of rotatable bonds is 4. The summed E-state index contributed by atoms with van der Waals surface area (Å²) in [4.78, 5) is 19.2. The Balaban J connectivity index is 1.77. The largest absolute Gasteiger partial charge is 0.497 e. The summed E-state index contributed by atoms with van der Waals surface area (Å²) in [6.07, 6.45) is 1.27. The summed E-state index contributed by atoms with van der Waals surface area (Å²) in [7, 11) is 1.60. The molecule has 1 N–H and O–H groups in total. The number of methoxy groups -OCH3 is 1. The molecule has 0 saturated heterocycles. The van der Waals surface area contributed by atoms with Crippen LogP contribution in [0, 0.1) is 0 Å². The van der Waals surface area contributed by atoms with Crippen LogP contribution in [0.25, 0.3) is 0 Å². The maximum Gasteiger partial charge on any atom is 0.262 e. The van der Waals surface area contributed by atoms with Crippen LogP contribution in [0.2, 0.25) is 5.02 Å². The van der Waals surface area contributed by atoms with E-state index in [1.54, 1.807) is 42.5 Å². The van der Waals surface area contributed by atoms with Gasteiger partial charge in [0.2, 0.25) is 0 Å². The second-order valence-electron chi connectivity index (χ2n) is 5.87. The number of carbonyl (C=O) groups excluding carboxylic acids is 1. The minimum Gasteiger partial charge on any atom is -0.497 e. The summed E-state index contributed by atoms with van der Waals surface area (Å²) >= 11 is 5.97. The van der Waals surface area contributed by atoms with Gasteiger partial charge in [0.25, 0.3) is 5.91 Å². The van der Waals surface area contributed by atoms with Crippen molar-refractivity contribution in [2.24, 2.45) is 0 Å². The lowest BCUT2D eigenvalue weighted by atomic mass is 10.2. The van der Waals surface area contributed by atoms with Gasteiger partial charge in [-0.15, -0.1) is 0 Å². The Hall–Kier alpha value is -3.05. The summed E-state index contributed by atoms with van der Waals surface area (Å²) in [5.74, 6) is 0.581. The number of carbonyl (C=O) groups is 1. The Labute approximate surface area is 156 Å². The van der Waals surface area contributed by atoms with Crippen LogP contribution >= 0.6 is 11.6 Å². The minimum absolute atomic E-state index is 0.104. The van der Waals surface area contributed by atoms with Crippen LogP contribution in [0.15, 0.2) is 66.9 Å². The van der Waals surface area contributed by atoms with Crippen LogP contribution in [0.5, 0.6) is 5.75 Å². The Morgan fingerprint density at radius 3 is 2.69 bits per heavy atom. The lowest BCUT2D eigenvalue weighted by Crippen LogP contribution is -2.32. The molecule has 0 unspecified atom stereocenters. The second kappa shape index (κ2) is 6.69. The van der Waals surface area contributed by atoms with E-state index in [0.717, 1.165) is 11.4 Å². The van der Waals surface area contributed by atoms with Crippen molar-refractivity contribution in [2.45, 2.75) is 6.17 Å². The number of halogens is 1. The standard InChI is InChI=1S/C20H16ClN3O2/c1-26-16-5-2-4-15(12-16)24-19(23-14-9-7-13(21)8-10-14)18-17(20(24)25)6-3-11-22-18/h2-12,19,23H,1H3/t19-/m1/s1. The van der Waals surface area contributed by atoms with E-state index in [1.807, 2.05) is 36.4 Å². The number of amides is 1. The molecule has 1 aliphatic heterocycles. The van der Waals surface area contributed by atoms with E-state index in [1.165, 1.54) is 0 Å². The highest BCUT2D eigenvalue weighted by Crippen LogP contribution is 2.37. The van der Waals surface area contributed by atoms with E-state index in [0.29, 0.717) is 22.0 Å². The lowest BCUT2D eigenvalue weighted by Gasteiger charge is -2.26. The first-order valence-electron chi connectivity index (χ1n) is 8.12. The normalized spacial score (nSPS) is 15.7. The van der Waals surface area contributed by atoms with Crippen LogP contribution in [-0.4, -0.2) is 18.0 Å². The van der Waals surface area contributed by atoms with Crippen molar-refractivity contribution in [3.63, 3.8) is 0 Å². The quantitative estimate of drug-likeness (QED) is 0.738. The maximum absolute atomic E-state index is 13.0. The van der Waals surface area contributed by atoms with Gasteiger partial charge in [-0.2, -0.15) is 0 Å². The third kappa shape index (κ3) is 2.86. The Kier molecular flexibility index (Phi) is 4.22. The van der Waals surface area contributed by atoms with Crippen molar-refractivity contribution in [2.75, 3.05) is 17.3 Å². The molecular formula is C20H16ClN3O2.